The smallest absolute Gasteiger partial charge is 0.381 e. The molecule has 3 aromatic rings. The lowest BCUT2D eigenvalue weighted by molar-refractivity contribution is -0.136. The number of likely N-dealkylation sites (tertiary alicyclic amines) is 1. The number of amides is 1. The van der Waals surface area contributed by atoms with E-state index in [1.165, 1.54) is 22.6 Å². The Labute approximate surface area is 216 Å². The molecule has 2 aromatic heterocycles. The molecule has 7 nitrogen and oxygen atoms in total. The van der Waals surface area contributed by atoms with Gasteiger partial charge in [0.15, 0.2) is 0 Å². The monoisotopic (exact) mass is 534 g/mol. The van der Waals surface area contributed by atoms with Crippen molar-refractivity contribution in [2.24, 2.45) is 0 Å². The number of aromatic amines is 1. The van der Waals surface area contributed by atoms with Crippen molar-refractivity contribution in [3.05, 3.63) is 51.5 Å². The zero-order valence-electron chi connectivity index (χ0n) is 20.2. The van der Waals surface area contributed by atoms with Crippen LogP contribution in [0.2, 0.25) is 0 Å². The van der Waals surface area contributed by atoms with Crippen molar-refractivity contribution in [3.63, 3.8) is 0 Å². The molecule has 37 heavy (non-hydrogen) atoms. The van der Waals surface area contributed by atoms with E-state index >= 15 is 0 Å². The first-order chi connectivity index (χ1) is 17.8. The Morgan fingerprint density at radius 1 is 1.22 bits per heavy atom. The third-order valence-electron chi connectivity index (χ3n) is 7.63. The van der Waals surface area contributed by atoms with Gasteiger partial charge in [0.2, 0.25) is 5.91 Å². The van der Waals surface area contributed by atoms with E-state index in [0.29, 0.717) is 12.6 Å². The highest BCUT2D eigenvalue weighted by Crippen LogP contribution is 2.40. The first-order valence-electron chi connectivity index (χ1n) is 12.7. The van der Waals surface area contributed by atoms with Crippen molar-refractivity contribution in [2.75, 3.05) is 26.3 Å². The Kier molecular flexibility index (Phi) is 6.72. The van der Waals surface area contributed by atoms with Crippen molar-refractivity contribution in [1.29, 1.82) is 0 Å². The first kappa shape index (κ1) is 24.8. The van der Waals surface area contributed by atoms with E-state index in [1.54, 1.807) is 11.3 Å². The van der Waals surface area contributed by atoms with Gasteiger partial charge in [-0.05, 0) is 54.8 Å². The van der Waals surface area contributed by atoms with Gasteiger partial charge in [0.05, 0.1) is 35.8 Å². The summed E-state index contributed by atoms with van der Waals surface area (Å²) in [6.07, 6.45) is -0.940. The number of nitrogens with zero attached hydrogens (tertiary/aromatic N) is 2. The molecule has 2 aliphatic heterocycles. The zero-order valence-corrected chi connectivity index (χ0v) is 21.0. The van der Waals surface area contributed by atoms with Crippen LogP contribution in [0, 0.1) is 0 Å². The van der Waals surface area contributed by atoms with Crippen molar-refractivity contribution in [2.45, 2.75) is 62.6 Å². The molecule has 2 unspecified atom stereocenters. The fraction of sp³-hybridized carbons (Fsp3) is 0.538. The second-order valence-electron chi connectivity index (χ2n) is 10.0. The Balaban J connectivity index is 1.16. The van der Waals surface area contributed by atoms with Crippen LogP contribution < -0.4 is 5.32 Å². The van der Waals surface area contributed by atoms with Crippen LogP contribution in [0.15, 0.2) is 29.6 Å². The number of para-hydroxylation sites is 1. The number of imidazole rings is 1. The summed E-state index contributed by atoms with van der Waals surface area (Å²) in [5.74, 6) is -0.0803. The molecule has 198 valence electrons. The predicted octanol–water partition coefficient (Wildman–Crippen LogP) is 4.24. The van der Waals surface area contributed by atoms with E-state index < -0.39 is 11.7 Å². The molecule has 11 heteroatoms. The van der Waals surface area contributed by atoms with E-state index in [4.69, 9.17) is 9.47 Å². The lowest BCUT2D eigenvalue weighted by atomic mass is 10.1. The predicted molar refractivity (Wildman–Crippen MR) is 132 cm³/mol. The lowest BCUT2D eigenvalue weighted by Gasteiger charge is -2.31. The quantitative estimate of drug-likeness (QED) is 0.495. The van der Waals surface area contributed by atoms with E-state index in [2.05, 4.69) is 31.6 Å². The van der Waals surface area contributed by atoms with Crippen LogP contribution in [0.4, 0.5) is 13.2 Å². The van der Waals surface area contributed by atoms with Crippen molar-refractivity contribution < 1.29 is 27.4 Å². The summed E-state index contributed by atoms with van der Waals surface area (Å²) in [4.78, 5) is 23.7. The molecule has 3 atom stereocenters. The van der Waals surface area contributed by atoms with Gasteiger partial charge in [0.1, 0.15) is 11.3 Å². The molecule has 2 saturated heterocycles. The lowest BCUT2D eigenvalue weighted by Crippen LogP contribution is -2.45. The van der Waals surface area contributed by atoms with Gasteiger partial charge < -0.3 is 19.8 Å². The molecule has 0 saturated carbocycles. The van der Waals surface area contributed by atoms with Crippen molar-refractivity contribution >= 4 is 28.3 Å². The summed E-state index contributed by atoms with van der Waals surface area (Å²) >= 11 is 1.72. The molecule has 1 aliphatic carbocycles. The van der Waals surface area contributed by atoms with Crippen molar-refractivity contribution in [3.8, 4) is 0 Å². The van der Waals surface area contributed by atoms with Crippen LogP contribution in [0.25, 0.3) is 11.0 Å². The minimum absolute atomic E-state index is 0.0326. The summed E-state index contributed by atoms with van der Waals surface area (Å²) in [5.41, 5.74) is 0.628. The van der Waals surface area contributed by atoms with Gasteiger partial charge in [-0.2, -0.15) is 13.2 Å². The molecule has 1 aromatic carbocycles. The highest BCUT2D eigenvalue weighted by Gasteiger charge is 2.41. The number of halogens is 3. The maximum Gasteiger partial charge on any atom is 0.418 e. The van der Waals surface area contributed by atoms with Gasteiger partial charge in [-0.1, -0.05) is 6.07 Å². The SMILES string of the molecule is O=C(Cc1nc2c(C(F)(F)F)cccc2[nH]1)NC1CN(C2CCOCC2)C[C@@H]1OC1CCc2ccsc21. The Hall–Kier alpha value is -2.47. The maximum absolute atomic E-state index is 13.4. The van der Waals surface area contributed by atoms with Crippen LogP contribution in [0.3, 0.4) is 0 Å². The number of fused-ring (bicyclic) bond motifs is 2. The van der Waals surface area contributed by atoms with E-state index in [-0.39, 0.29) is 47.4 Å². The number of carbonyl (C=O) groups is 1. The number of aromatic nitrogens is 2. The normalized spacial score (nSPS) is 25.1. The fourth-order valence-corrected chi connectivity index (χ4v) is 6.85. The number of ether oxygens (including phenoxy) is 2. The molecule has 6 rings (SSSR count). The number of nitrogens with one attached hydrogen (secondary N) is 2. The molecule has 0 bridgehead atoms. The van der Waals surface area contributed by atoms with E-state index in [0.717, 1.165) is 51.5 Å². The van der Waals surface area contributed by atoms with Gasteiger partial charge in [-0.15, -0.1) is 11.3 Å². The second-order valence-corrected chi connectivity index (χ2v) is 11.0. The number of aryl methyl sites for hydroxylation is 1. The number of benzene rings is 1. The maximum atomic E-state index is 13.4. The Morgan fingerprint density at radius 2 is 2.05 bits per heavy atom. The Bertz CT molecular complexity index is 1270. The molecular formula is C26H29F3N4O3S. The van der Waals surface area contributed by atoms with E-state index in [9.17, 15) is 18.0 Å². The number of thiophene rings is 1. The van der Waals surface area contributed by atoms with Gasteiger partial charge in [0, 0.05) is 37.2 Å². The third kappa shape index (κ3) is 5.14. The molecular weight excluding hydrogens is 505 g/mol. The summed E-state index contributed by atoms with van der Waals surface area (Å²) in [7, 11) is 0. The average molecular weight is 535 g/mol. The molecule has 0 radical (unpaired) electrons. The molecule has 1 amide bonds. The number of alkyl halides is 3. The van der Waals surface area contributed by atoms with Gasteiger partial charge >= 0.3 is 6.18 Å². The zero-order chi connectivity index (χ0) is 25.6. The Morgan fingerprint density at radius 3 is 2.86 bits per heavy atom. The summed E-state index contributed by atoms with van der Waals surface area (Å²) in [6, 6.07) is 6.20. The highest BCUT2D eigenvalue weighted by atomic mass is 32.1. The summed E-state index contributed by atoms with van der Waals surface area (Å²) in [6.45, 7) is 2.86. The third-order valence-corrected chi connectivity index (χ3v) is 8.68. The van der Waals surface area contributed by atoms with Crippen LogP contribution in [-0.2, 0) is 33.3 Å². The minimum atomic E-state index is -4.51. The number of hydrogen-bond acceptors (Lipinski definition) is 6. The largest absolute Gasteiger partial charge is 0.418 e. The van der Waals surface area contributed by atoms with Gasteiger partial charge in [0.25, 0.3) is 0 Å². The first-order valence-corrected chi connectivity index (χ1v) is 13.6. The van der Waals surface area contributed by atoms with E-state index in [1.807, 2.05) is 0 Å². The number of carbonyl (C=O) groups excluding carboxylic acids is 1. The molecule has 0 spiro atoms. The molecule has 3 aliphatic rings. The number of rotatable bonds is 6. The summed E-state index contributed by atoms with van der Waals surface area (Å²) in [5, 5.41) is 5.21. The standard InChI is InChI=1S/C26H29F3N4O3S/c27-26(28,29)17-2-1-3-18-24(17)32-22(30-18)12-23(34)31-19-13-33(16-6-9-35-10-7-16)14-21(19)36-20-5-4-15-8-11-37-25(15)20/h1-3,8,11,16,19-21H,4-7,9-10,12-14H2,(H,30,32)(H,31,34)/t19?,20?,21-/m0/s1. The van der Waals surface area contributed by atoms with Gasteiger partial charge in [-0.3, -0.25) is 9.69 Å². The number of H-pyrrole nitrogens is 1. The second kappa shape index (κ2) is 10.0. The topological polar surface area (TPSA) is 79.5 Å². The van der Waals surface area contributed by atoms with Crippen molar-refractivity contribution in [1.82, 2.24) is 20.2 Å². The van der Waals surface area contributed by atoms with Crippen LogP contribution >= 0.6 is 11.3 Å². The van der Waals surface area contributed by atoms with Gasteiger partial charge in [-0.25, -0.2) is 4.98 Å². The number of hydrogen-bond donors (Lipinski definition) is 2. The van der Waals surface area contributed by atoms with Crippen LogP contribution in [0.1, 0.15) is 47.2 Å². The summed E-state index contributed by atoms with van der Waals surface area (Å²) < 4.78 is 52.3. The van der Waals surface area contributed by atoms with Crippen LogP contribution in [-0.4, -0.2) is 65.3 Å². The van der Waals surface area contributed by atoms with Crippen LogP contribution in [0.5, 0.6) is 0 Å². The fourth-order valence-electron chi connectivity index (χ4n) is 5.83. The molecule has 4 heterocycles. The average Bonchev–Trinajstić information content (AvgIpc) is 3.64. The molecule has 2 N–H and O–H groups in total. The highest BCUT2D eigenvalue weighted by molar-refractivity contribution is 7.10. The minimum Gasteiger partial charge on any atom is -0.381 e. The molecule has 2 fully saturated rings.